The van der Waals surface area contributed by atoms with E-state index in [-0.39, 0.29) is 0 Å². The Bertz CT molecular complexity index is 330. The molecule has 0 bridgehead atoms. The number of methoxy groups -OCH3 is 1. The first-order valence-electron chi connectivity index (χ1n) is 6.08. The minimum Gasteiger partial charge on any atom is -0.383 e. The van der Waals surface area contributed by atoms with Crippen molar-refractivity contribution in [3.05, 3.63) is 23.9 Å². The molecule has 96 valence electrons. The molecule has 0 fully saturated rings. The number of aromatic nitrogens is 1. The molecule has 0 saturated heterocycles. The fourth-order valence-corrected chi connectivity index (χ4v) is 1.96. The lowest BCUT2D eigenvalue weighted by atomic mass is 10.2. The van der Waals surface area contributed by atoms with Crippen LogP contribution in [0.2, 0.25) is 0 Å². The average molecular weight is 237 g/mol. The summed E-state index contributed by atoms with van der Waals surface area (Å²) >= 11 is 0. The van der Waals surface area contributed by atoms with E-state index in [1.165, 1.54) is 5.56 Å². The molecule has 4 nitrogen and oxygen atoms in total. The standard InChI is InChI=1S/C13H23N3O/c1-5-16(11(2)10-17-4)13-8-12(9-14-3)6-7-15-13/h6-8,11,14H,5,9-10H2,1-4H3. The van der Waals surface area contributed by atoms with Crippen LogP contribution in [0.25, 0.3) is 0 Å². The van der Waals surface area contributed by atoms with Crippen molar-refractivity contribution in [2.45, 2.75) is 26.4 Å². The maximum Gasteiger partial charge on any atom is 0.129 e. The van der Waals surface area contributed by atoms with Crippen molar-refractivity contribution < 1.29 is 4.74 Å². The van der Waals surface area contributed by atoms with Gasteiger partial charge in [-0.15, -0.1) is 0 Å². The molecule has 0 saturated carbocycles. The number of nitrogens with zero attached hydrogens (tertiary/aromatic N) is 2. The summed E-state index contributed by atoms with van der Waals surface area (Å²) in [5, 5.41) is 3.15. The SMILES string of the molecule is CCN(c1cc(CNC)ccn1)C(C)COC. The van der Waals surface area contributed by atoms with Crippen LogP contribution in [0.5, 0.6) is 0 Å². The Morgan fingerprint density at radius 1 is 1.53 bits per heavy atom. The van der Waals surface area contributed by atoms with E-state index in [0.717, 1.165) is 18.9 Å². The van der Waals surface area contributed by atoms with Gasteiger partial charge in [0, 0.05) is 26.4 Å². The molecule has 1 N–H and O–H groups in total. The third-order valence-corrected chi connectivity index (χ3v) is 2.77. The lowest BCUT2D eigenvalue weighted by Crippen LogP contribution is -2.36. The lowest BCUT2D eigenvalue weighted by Gasteiger charge is -2.28. The molecule has 0 radical (unpaired) electrons. The summed E-state index contributed by atoms with van der Waals surface area (Å²) in [6.07, 6.45) is 1.87. The molecule has 0 aliphatic carbocycles. The first-order chi connectivity index (χ1) is 8.22. The van der Waals surface area contributed by atoms with Gasteiger partial charge in [-0.1, -0.05) is 0 Å². The molecule has 1 atom stereocenters. The van der Waals surface area contributed by atoms with Crippen molar-refractivity contribution in [2.75, 3.05) is 32.2 Å². The molecule has 0 aliphatic rings. The van der Waals surface area contributed by atoms with Gasteiger partial charge in [-0.05, 0) is 38.6 Å². The van der Waals surface area contributed by atoms with E-state index in [4.69, 9.17) is 4.74 Å². The van der Waals surface area contributed by atoms with Gasteiger partial charge in [0.05, 0.1) is 12.6 Å². The minimum absolute atomic E-state index is 0.335. The molecule has 1 aromatic rings. The molecule has 1 unspecified atom stereocenters. The van der Waals surface area contributed by atoms with Crippen molar-refractivity contribution in [3.8, 4) is 0 Å². The van der Waals surface area contributed by atoms with Crippen LogP contribution < -0.4 is 10.2 Å². The Labute approximate surface area is 104 Å². The molecule has 4 heteroatoms. The second-order valence-corrected chi connectivity index (χ2v) is 4.14. The van der Waals surface area contributed by atoms with E-state index < -0.39 is 0 Å². The van der Waals surface area contributed by atoms with Gasteiger partial charge >= 0.3 is 0 Å². The molecular formula is C13H23N3O. The van der Waals surface area contributed by atoms with E-state index in [2.05, 4.69) is 35.1 Å². The van der Waals surface area contributed by atoms with E-state index in [0.29, 0.717) is 12.6 Å². The van der Waals surface area contributed by atoms with Crippen LogP contribution in [0, 0.1) is 0 Å². The molecular weight excluding hydrogens is 214 g/mol. The number of ether oxygens (including phenoxy) is 1. The van der Waals surface area contributed by atoms with Crippen LogP contribution in [0.15, 0.2) is 18.3 Å². The van der Waals surface area contributed by atoms with Crippen LogP contribution >= 0.6 is 0 Å². The first-order valence-corrected chi connectivity index (χ1v) is 6.08. The van der Waals surface area contributed by atoms with Gasteiger partial charge in [-0.25, -0.2) is 4.98 Å². The summed E-state index contributed by atoms with van der Waals surface area (Å²) in [5.74, 6) is 1.02. The normalized spacial score (nSPS) is 12.5. The number of likely N-dealkylation sites (N-methyl/N-ethyl adjacent to an activating group) is 1. The summed E-state index contributed by atoms with van der Waals surface area (Å²) in [4.78, 5) is 6.69. The highest BCUT2D eigenvalue weighted by Gasteiger charge is 2.13. The van der Waals surface area contributed by atoms with E-state index in [9.17, 15) is 0 Å². The summed E-state index contributed by atoms with van der Waals surface area (Å²) in [5.41, 5.74) is 1.25. The second-order valence-electron chi connectivity index (χ2n) is 4.14. The van der Waals surface area contributed by atoms with Crippen molar-refractivity contribution in [1.29, 1.82) is 0 Å². The Morgan fingerprint density at radius 3 is 2.88 bits per heavy atom. The first kappa shape index (κ1) is 13.9. The lowest BCUT2D eigenvalue weighted by molar-refractivity contribution is 0.181. The van der Waals surface area contributed by atoms with Crippen LogP contribution in [0.1, 0.15) is 19.4 Å². The second kappa shape index (κ2) is 7.25. The number of nitrogens with one attached hydrogen (secondary N) is 1. The third kappa shape index (κ3) is 3.98. The zero-order valence-corrected chi connectivity index (χ0v) is 11.2. The monoisotopic (exact) mass is 237 g/mol. The Hall–Kier alpha value is -1.13. The molecule has 1 heterocycles. The Morgan fingerprint density at radius 2 is 2.29 bits per heavy atom. The fraction of sp³-hybridized carbons (Fsp3) is 0.615. The van der Waals surface area contributed by atoms with E-state index in [1.807, 2.05) is 19.3 Å². The Balaban J connectivity index is 2.83. The molecule has 0 amide bonds. The summed E-state index contributed by atoms with van der Waals surface area (Å²) < 4.78 is 5.20. The van der Waals surface area contributed by atoms with Gasteiger partial charge in [0.2, 0.25) is 0 Å². The minimum atomic E-state index is 0.335. The molecule has 0 aliphatic heterocycles. The van der Waals surface area contributed by atoms with Gasteiger partial charge in [-0.3, -0.25) is 0 Å². The zero-order chi connectivity index (χ0) is 12.7. The van der Waals surface area contributed by atoms with Crippen LogP contribution in [0.4, 0.5) is 5.82 Å². The van der Waals surface area contributed by atoms with Gasteiger partial charge < -0.3 is 15.0 Å². The smallest absolute Gasteiger partial charge is 0.129 e. The molecule has 0 spiro atoms. The molecule has 0 aromatic carbocycles. The number of pyridine rings is 1. The topological polar surface area (TPSA) is 37.4 Å². The van der Waals surface area contributed by atoms with E-state index >= 15 is 0 Å². The maximum absolute atomic E-state index is 5.20. The molecule has 1 aromatic heterocycles. The van der Waals surface area contributed by atoms with Crippen molar-refractivity contribution in [2.24, 2.45) is 0 Å². The number of hydrogen-bond acceptors (Lipinski definition) is 4. The van der Waals surface area contributed by atoms with Gasteiger partial charge in [-0.2, -0.15) is 0 Å². The number of hydrogen-bond donors (Lipinski definition) is 1. The predicted molar refractivity (Wildman–Crippen MR) is 71.4 cm³/mol. The van der Waals surface area contributed by atoms with Gasteiger partial charge in [0.15, 0.2) is 0 Å². The summed E-state index contributed by atoms with van der Waals surface area (Å²) in [6, 6.07) is 4.50. The summed E-state index contributed by atoms with van der Waals surface area (Å²) in [7, 11) is 3.68. The number of anilines is 1. The van der Waals surface area contributed by atoms with Crippen molar-refractivity contribution in [3.63, 3.8) is 0 Å². The van der Waals surface area contributed by atoms with Gasteiger partial charge in [0.1, 0.15) is 5.82 Å². The summed E-state index contributed by atoms with van der Waals surface area (Å²) in [6.45, 7) is 6.80. The number of rotatable bonds is 7. The van der Waals surface area contributed by atoms with Crippen molar-refractivity contribution in [1.82, 2.24) is 10.3 Å². The molecule has 17 heavy (non-hydrogen) atoms. The third-order valence-electron chi connectivity index (χ3n) is 2.77. The fourth-order valence-electron chi connectivity index (χ4n) is 1.96. The average Bonchev–Trinajstić information content (AvgIpc) is 2.31. The molecule has 1 rings (SSSR count). The van der Waals surface area contributed by atoms with Gasteiger partial charge in [0.25, 0.3) is 0 Å². The zero-order valence-electron chi connectivity index (χ0n) is 11.2. The van der Waals surface area contributed by atoms with E-state index in [1.54, 1.807) is 7.11 Å². The highest BCUT2D eigenvalue weighted by atomic mass is 16.5. The highest BCUT2D eigenvalue weighted by molar-refractivity contribution is 5.41. The van der Waals surface area contributed by atoms with Crippen LogP contribution in [-0.2, 0) is 11.3 Å². The quantitative estimate of drug-likeness (QED) is 0.782. The largest absolute Gasteiger partial charge is 0.383 e. The predicted octanol–water partition coefficient (Wildman–Crippen LogP) is 1.66. The van der Waals surface area contributed by atoms with Crippen LogP contribution in [-0.4, -0.2) is 38.3 Å². The highest BCUT2D eigenvalue weighted by Crippen LogP contribution is 2.15. The van der Waals surface area contributed by atoms with Crippen molar-refractivity contribution >= 4 is 5.82 Å². The Kier molecular flexibility index (Phi) is 5.94. The van der Waals surface area contributed by atoms with Crippen LogP contribution in [0.3, 0.4) is 0 Å². The maximum atomic E-state index is 5.20.